The largest absolute Gasteiger partial charge is 0.501 e. The highest BCUT2D eigenvalue weighted by Crippen LogP contribution is 2.36. The Labute approximate surface area is 104 Å². The Kier molecular flexibility index (Phi) is 6.78. The molecule has 0 aliphatic heterocycles. The molecule has 1 rings (SSSR count). The molecule has 1 aliphatic rings. The molecule has 0 spiro atoms. The van der Waals surface area contributed by atoms with Crippen molar-refractivity contribution in [3.05, 3.63) is 25.7 Å². The van der Waals surface area contributed by atoms with E-state index in [9.17, 15) is 0 Å². The van der Waals surface area contributed by atoms with Crippen LogP contribution in [0.1, 0.15) is 32.1 Å². The lowest BCUT2D eigenvalue weighted by Crippen LogP contribution is -2.34. The Morgan fingerprint density at radius 3 is 2.24 bits per heavy atom. The first-order chi connectivity index (χ1) is 8.33. The van der Waals surface area contributed by atoms with Gasteiger partial charge in [-0.05, 0) is 12.8 Å². The third-order valence-electron chi connectivity index (χ3n) is 3.29. The molecule has 1 fully saturated rings. The van der Waals surface area contributed by atoms with Crippen molar-refractivity contribution in [2.45, 2.75) is 32.1 Å². The molecule has 0 aromatic heterocycles. The summed E-state index contributed by atoms with van der Waals surface area (Å²) in [6, 6.07) is 0. The number of ether oxygens (including phenoxy) is 3. The molecule has 3 nitrogen and oxygen atoms in total. The van der Waals surface area contributed by atoms with Gasteiger partial charge in [0.05, 0.1) is 32.3 Å². The third kappa shape index (κ3) is 5.26. The average molecular weight is 240 g/mol. The second kappa shape index (κ2) is 8.18. The van der Waals surface area contributed by atoms with Gasteiger partial charge in [-0.25, -0.2) is 0 Å². The van der Waals surface area contributed by atoms with Crippen molar-refractivity contribution < 1.29 is 14.2 Å². The summed E-state index contributed by atoms with van der Waals surface area (Å²) < 4.78 is 16.1. The first-order valence-electron chi connectivity index (χ1n) is 6.36. The fraction of sp³-hybridized carbons (Fsp3) is 0.714. The highest BCUT2D eigenvalue weighted by molar-refractivity contribution is 4.83. The average Bonchev–Trinajstić information content (AvgIpc) is 2.37. The van der Waals surface area contributed by atoms with Crippen LogP contribution in [0, 0.1) is 5.41 Å². The zero-order chi connectivity index (χ0) is 12.4. The second-order valence-corrected chi connectivity index (χ2v) is 4.63. The normalized spacial score (nSPS) is 18.4. The fourth-order valence-electron chi connectivity index (χ4n) is 2.35. The van der Waals surface area contributed by atoms with E-state index < -0.39 is 0 Å². The molecular formula is C14H24O3. The maximum atomic E-state index is 5.69. The van der Waals surface area contributed by atoms with Gasteiger partial charge in [0.1, 0.15) is 6.61 Å². The van der Waals surface area contributed by atoms with Crippen LogP contribution in [-0.2, 0) is 14.2 Å². The summed E-state index contributed by atoms with van der Waals surface area (Å²) in [7, 11) is 0. The van der Waals surface area contributed by atoms with E-state index in [4.69, 9.17) is 14.2 Å². The van der Waals surface area contributed by atoms with Crippen molar-refractivity contribution in [3.63, 3.8) is 0 Å². The first kappa shape index (κ1) is 14.1. The molecule has 0 atom stereocenters. The fourth-order valence-corrected chi connectivity index (χ4v) is 2.35. The summed E-state index contributed by atoms with van der Waals surface area (Å²) in [5, 5.41) is 0. The van der Waals surface area contributed by atoms with Gasteiger partial charge in [-0.15, -0.1) is 0 Å². The van der Waals surface area contributed by atoms with E-state index in [1.54, 1.807) is 0 Å². The highest BCUT2D eigenvalue weighted by Gasteiger charge is 2.32. The van der Waals surface area contributed by atoms with Gasteiger partial charge in [0, 0.05) is 5.41 Å². The van der Waals surface area contributed by atoms with Gasteiger partial charge in [-0.3, -0.25) is 0 Å². The zero-order valence-electron chi connectivity index (χ0n) is 10.7. The molecule has 0 radical (unpaired) electrons. The van der Waals surface area contributed by atoms with Crippen LogP contribution in [0.2, 0.25) is 0 Å². The maximum absolute atomic E-state index is 5.69. The third-order valence-corrected chi connectivity index (χ3v) is 3.29. The molecule has 0 bridgehead atoms. The molecule has 1 aliphatic carbocycles. The van der Waals surface area contributed by atoms with Crippen LogP contribution < -0.4 is 0 Å². The van der Waals surface area contributed by atoms with E-state index in [2.05, 4.69) is 13.2 Å². The van der Waals surface area contributed by atoms with Gasteiger partial charge < -0.3 is 14.2 Å². The summed E-state index contributed by atoms with van der Waals surface area (Å²) in [6.45, 7) is 9.75. The zero-order valence-corrected chi connectivity index (χ0v) is 10.7. The number of hydrogen-bond acceptors (Lipinski definition) is 3. The Hall–Kier alpha value is -0.960. The van der Waals surface area contributed by atoms with Crippen molar-refractivity contribution in [1.82, 2.24) is 0 Å². The molecule has 17 heavy (non-hydrogen) atoms. The van der Waals surface area contributed by atoms with Gasteiger partial charge in [-0.2, -0.15) is 0 Å². The lowest BCUT2D eigenvalue weighted by molar-refractivity contribution is -0.0294. The lowest BCUT2D eigenvalue weighted by Gasteiger charge is -2.36. The maximum Gasteiger partial charge on any atom is 0.111 e. The Morgan fingerprint density at radius 2 is 1.59 bits per heavy atom. The van der Waals surface area contributed by atoms with Crippen molar-refractivity contribution in [3.8, 4) is 0 Å². The number of hydrogen-bond donors (Lipinski definition) is 0. The monoisotopic (exact) mass is 240 g/mol. The predicted octanol–water partition coefficient (Wildman–Crippen LogP) is 3.27. The smallest absolute Gasteiger partial charge is 0.111 e. The second-order valence-electron chi connectivity index (χ2n) is 4.63. The Balaban J connectivity index is 2.29. The van der Waals surface area contributed by atoms with Gasteiger partial charge in [0.2, 0.25) is 0 Å². The standard InChI is InChI=1S/C14H24O3/c1-3-15-10-11-17-13-14(12-16-4-2)8-6-5-7-9-14/h3-4H,1-2,5-13H2. The first-order valence-corrected chi connectivity index (χ1v) is 6.36. The topological polar surface area (TPSA) is 27.7 Å². The summed E-state index contributed by atoms with van der Waals surface area (Å²) in [5.74, 6) is 0. The minimum Gasteiger partial charge on any atom is -0.501 e. The van der Waals surface area contributed by atoms with Crippen LogP contribution >= 0.6 is 0 Å². The van der Waals surface area contributed by atoms with Crippen LogP contribution in [0.15, 0.2) is 25.7 Å². The van der Waals surface area contributed by atoms with Crippen LogP contribution in [0.5, 0.6) is 0 Å². The Bertz CT molecular complexity index is 220. The van der Waals surface area contributed by atoms with Gasteiger partial charge in [0.25, 0.3) is 0 Å². The summed E-state index contributed by atoms with van der Waals surface area (Å²) >= 11 is 0. The quantitative estimate of drug-likeness (QED) is 0.457. The molecule has 98 valence electrons. The van der Waals surface area contributed by atoms with Crippen molar-refractivity contribution in [2.24, 2.45) is 5.41 Å². The van der Waals surface area contributed by atoms with E-state index >= 15 is 0 Å². The van der Waals surface area contributed by atoms with E-state index in [1.165, 1.54) is 44.6 Å². The van der Waals surface area contributed by atoms with Crippen molar-refractivity contribution in [2.75, 3.05) is 26.4 Å². The van der Waals surface area contributed by atoms with Crippen LogP contribution in [-0.4, -0.2) is 26.4 Å². The van der Waals surface area contributed by atoms with Gasteiger partial charge in [-0.1, -0.05) is 32.4 Å². The summed E-state index contributed by atoms with van der Waals surface area (Å²) in [4.78, 5) is 0. The van der Waals surface area contributed by atoms with E-state index in [1.807, 2.05) is 0 Å². The summed E-state index contributed by atoms with van der Waals surface area (Å²) in [6.07, 6.45) is 9.21. The molecule has 0 aromatic carbocycles. The highest BCUT2D eigenvalue weighted by atomic mass is 16.5. The molecule has 0 saturated heterocycles. The Morgan fingerprint density at radius 1 is 0.882 bits per heavy atom. The number of rotatable bonds is 9. The molecule has 0 unspecified atom stereocenters. The minimum absolute atomic E-state index is 0.181. The minimum atomic E-state index is 0.181. The van der Waals surface area contributed by atoms with E-state index in [0.717, 1.165) is 13.2 Å². The van der Waals surface area contributed by atoms with Crippen molar-refractivity contribution in [1.29, 1.82) is 0 Å². The van der Waals surface area contributed by atoms with E-state index in [-0.39, 0.29) is 5.41 Å². The van der Waals surface area contributed by atoms with Crippen molar-refractivity contribution >= 4 is 0 Å². The molecule has 0 aromatic rings. The molecule has 3 heteroatoms. The molecule has 1 saturated carbocycles. The van der Waals surface area contributed by atoms with Crippen LogP contribution in [0.25, 0.3) is 0 Å². The van der Waals surface area contributed by atoms with E-state index in [0.29, 0.717) is 13.2 Å². The van der Waals surface area contributed by atoms with Crippen LogP contribution in [0.3, 0.4) is 0 Å². The summed E-state index contributed by atoms with van der Waals surface area (Å²) in [5.41, 5.74) is 0.181. The molecule has 0 N–H and O–H groups in total. The predicted molar refractivity (Wildman–Crippen MR) is 68.6 cm³/mol. The molecular weight excluding hydrogens is 216 g/mol. The SMILES string of the molecule is C=COCCOCC1(COC=C)CCCCC1. The lowest BCUT2D eigenvalue weighted by atomic mass is 9.75. The van der Waals surface area contributed by atoms with Crippen LogP contribution in [0.4, 0.5) is 0 Å². The molecule has 0 amide bonds. The van der Waals surface area contributed by atoms with Gasteiger partial charge >= 0.3 is 0 Å². The molecule has 0 heterocycles. The van der Waals surface area contributed by atoms with Gasteiger partial charge in [0.15, 0.2) is 0 Å².